The average molecular weight is 362 g/mol. The first-order valence-corrected chi connectivity index (χ1v) is 7.00. The van der Waals surface area contributed by atoms with Gasteiger partial charge in [0.2, 0.25) is 0 Å². The van der Waals surface area contributed by atoms with Crippen molar-refractivity contribution in [3.05, 3.63) is 28.5 Å². The van der Waals surface area contributed by atoms with Crippen LogP contribution in [0, 0.1) is 11.2 Å². The molecule has 0 unspecified atom stereocenters. The molecule has 0 radical (unpaired) electrons. The van der Waals surface area contributed by atoms with Crippen molar-refractivity contribution >= 4 is 27.8 Å². The van der Waals surface area contributed by atoms with Gasteiger partial charge in [0.15, 0.2) is 6.61 Å². The molecule has 1 atom stereocenters. The zero-order valence-electron chi connectivity index (χ0n) is 11.9. The van der Waals surface area contributed by atoms with E-state index in [1.807, 2.05) is 0 Å². The van der Waals surface area contributed by atoms with Crippen LogP contribution >= 0.6 is 15.9 Å². The van der Waals surface area contributed by atoms with Gasteiger partial charge in [-0.25, -0.2) is 9.18 Å². The second kappa shape index (κ2) is 6.89. The highest BCUT2D eigenvalue weighted by molar-refractivity contribution is 9.10. The van der Waals surface area contributed by atoms with Gasteiger partial charge in [0.05, 0.1) is 4.47 Å². The molecule has 1 aromatic carbocycles. The van der Waals surface area contributed by atoms with Gasteiger partial charge in [-0.1, -0.05) is 20.8 Å². The summed E-state index contributed by atoms with van der Waals surface area (Å²) < 4.78 is 18.5. The molecule has 7 heteroatoms. The lowest BCUT2D eigenvalue weighted by Crippen LogP contribution is -2.50. The van der Waals surface area contributed by atoms with Gasteiger partial charge < -0.3 is 15.2 Å². The Hall–Kier alpha value is -1.63. The fourth-order valence-electron chi connectivity index (χ4n) is 1.59. The number of ether oxygens (including phenoxy) is 1. The number of nitrogens with one attached hydrogen (secondary N) is 1. The number of benzene rings is 1. The van der Waals surface area contributed by atoms with Crippen LogP contribution in [-0.2, 0) is 9.59 Å². The highest BCUT2D eigenvalue weighted by Gasteiger charge is 2.32. The van der Waals surface area contributed by atoms with E-state index < -0.39 is 29.2 Å². The third-order valence-corrected chi connectivity index (χ3v) is 3.29. The number of hydrogen-bond donors (Lipinski definition) is 2. The Labute approximate surface area is 130 Å². The molecule has 0 aliphatic rings. The van der Waals surface area contributed by atoms with Crippen molar-refractivity contribution in [1.82, 2.24) is 5.32 Å². The normalized spacial score (nSPS) is 12.6. The van der Waals surface area contributed by atoms with Crippen molar-refractivity contribution in [1.29, 1.82) is 0 Å². The summed E-state index contributed by atoms with van der Waals surface area (Å²) in [4.78, 5) is 22.9. The lowest BCUT2D eigenvalue weighted by atomic mass is 9.87. The Kier molecular flexibility index (Phi) is 5.71. The molecule has 1 aromatic rings. The third kappa shape index (κ3) is 5.34. The van der Waals surface area contributed by atoms with E-state index in [9.17, 15) is 14.0 Å². The van der Waals surface area contributed by atoms with Gasteiger partial charge in [-0.15, -0.1) is 0 Å². The van der Waals surface area contributed by atoms with E-state index in [0.29, 0.717) is 10.2 Å². The monoisotopic (exact) mass is 361 g/mol. The number of carboxylic acid groups (broad SMARTS) is 1. The van der Waals surface area contributed by atoms with E-state index in [-0.39, 0.29) is 6.61 Å². The molecule has 0 heterocycles. The second-order valence-electron chi connectivity index (χ2n) is 5.57. The summed E-state index contributed by atoms with van der Waals surface area (Å²) in [6.07, 6.45) is 0. The molecule has 0 saturated carbocycles. The molecule has 0 fully saturated rings. The van der Waals surface area contributed by atoms with Crippen LogP contribution in [0.5, 0.6) is 5.75 Å². The summed E-state index contributed by atoms with van der Waals surface area (Å²) in [5.41, 5.74) is -0.627. The number of amides is 1. The van der Waals surface area contributed by atoms with Gasteiger partial charge in [0.1, 0.15) is 17.6 Å². The predicted octanol–water partition coefficient (Wildman–Crippen LogP) is 2.58. The molecule has 116 valence electrons. The Morgan fingerprint density at radius 1 is 1.43 bits per heavy atom. The van der Waals surface area contributed by atoms with Crippen LogP contribution in [0.4, 0.5) is 4.39 Å². The molecule has 1 rings (SSSR count). The van der Waals surface area contributed by atoms with E-state index in [1.165, 1.54) is 18.2 Å². The van der Waals surface area contributed by atoms with Crippen molar-refractivity contribution in [3.63, 3.8) is 0 Å². The summed E-state index contributed by atoms with van der Waals surface area (Å²) in [6, 6.07) is 2.77. The van der Waals surface area contributed by atoms with Crippen molar-refractivity contribution in [2.45, 2.75) is 26.8 Å². The summed E-state index contributed by atoms with van der Waals surface area (Å²) in [7, 11) is 0. The first-order valence-electron chi connectivity index (χ1n) is 6.21. The van der Waals surface area contributed by atoms with E-state index in [2.05, 4.69) is 21.2 Å². The van der Waals surface area contributed by atoms with Crippen LogP contribution in [0.15, 0.2) is 22.7 Å². The van der Waals surface area contributed by atoms with Gasteiger partial charge in [-0.05, 0) is 39.5 Å². The molecule has 0 aliphatic heterocycles. The van der Waals surface area contributed by atoms with Gasteiger partial charge in [-0.3, -0.25) is 4.79 Å². The summed E-state index contributed by atoms with van der Waals surface area (Å²) in [6.45, 7) is 4.78. The second-order valence-corrected chi connectivity index (χ2v) is 6.42. The zero-order valence-corrected chi connectivity index (χ0v) is 13.5. The minimum atomic E-state index is -1.11. The standard InChI is InChI=1S/C14H17BrFNO4/c1-14(2,3)12(13(19)20)17-11(18)7-21-10-5-4-8(16)6-9(10)15/h4-6,12H,7H2,1-3H3,(H,17,18)(H,19,20)/t12-/m1/s1. The lowest BCUT2D eigenvalue weighted by molar-refractivity contribution is -0.145. The molecule has 0 aliphatic carbocycles. The quantitative estimate of drug-likeness (QED) is 0.844. The lowest BCUT2D eigenvalue weighted by Gasteiger charge is -2.27. The molecular formula is C14H17BrFNO4. The van der Waals surface area contributed by atoms with E-state index in [4.69, 9.17) is 9.84 Å². The maximum Gasteiger partial charge on any atom is 0.326 e. The molecule has 21 heavy (non-hydrogen) atoms. The minimum absolute atomic E-state index is 0.300. The van der Waals surface area contributed by atoms with Crippen LogP contribution in [0.3, 0.4) is 0 Å². The Morgan fingerprint density at radius 2 is 2.05 bits per heavy atom. The van der Waals surface area contributed by atoms with E-state index in [0.717, 1.165) is 0 Å². The predicted molar refractivity (Wildman–Crippen MR) is 78.6 cm³/mol. The Bertz CT molecular complexity index is 542. The molecule has 0 saturated heterocycles. The topological polar surface area (TPSA) is 75.6 Å². The highest BCUT2D eigenvalue weighted by Crippen LogP contribution is 2.25. The van der Waals surface area contributed by atoms with Crippen molar-refractivity contribution in [2.24, 2.45) is 5.41 Å². The summed E-state index contributed by atoms with van der Waals surface area (Å²) in [5.74, 6) is -1.81. The van der Waals surface area contributed by atoms with Gasteiger partial charge >= 0.3 is 5.97 Å². The van der Waals surface area contributed by atoms with Crippen LogP contribution in [-0.4, -0.2) is 29.6 Å². The largest absolute Gasteiger partial charge is 0.483 e. The highest BCUT2D eigenvalue weighted by atomic mass is 79.9. The maximum atomic E-state index is 12.9. The SMILES string of the molecule is CC(C)(C)[C@H](NC(=O)COc1ccc(F)cc1Br)C(=O)O. The van der Waals surface area contributed by atoms with Crippen molar-refractivity contribution < 1.29 is 23.8 Å². The van der Waals surface area contributed by atoms with Crippen LogP contribution in [0.1, 0.15) is 20.8 Å². The smallest absolute Gasteiger partial charge is 0.326 e. The summed E-state index contributed by atoms with van der Waals surface area (Å²) >= 11 is 3.11. The van der Waals surface area contributed by atoms with E-state index in [1.54, 1.807) is 20.8 Å². The number of carboxylic acids is 1. The third-order valence-electron chi connectivity index (χ3n) is 2.67. The number of rotatable bonds is 5. The molecule has 5 nitrogen and oxygen atoms in total. The van der Waals surface area contributed by atoms with Crippen molar-refractivity contribution in [3.8, 4) is 5.75 Å². The first-order chi connectivity index (χ1) is 9.61. The van der Waals surface area contributed by atoms with Gasteiger partial charge in [0, 0.05) is 0 Å². The van der Waals surface area contributed by atoms with Gasteiger partial charge in [-0.2, -0.15) is 0 Å². The molecular weight excluding hydrogens is 345 g/mol. The number of hydrogen-bond acceptors (Lipinski definition) is 3. The zero-order chi connectivity index (χ0) is 16.2. The fraction of sp³-hybridized carbons (Fsp3) is 0.429. The number of aliphatic carboxylic acids is 1. The van der Waals surface area contributed by atoms with Crippen LogP contribution in [0.25, 0.3) is 0 Å². The average Bonchev–Trinajstić information content (AvgIpc) is 2.33. The summed E-state index contributed by atoms with van der Waals surface area (Å²) in [5, 5.41) is 11.5. The molecule has 0 aromatic heterocycles. The fourth-order valence-corrected chi connectivity index (χ4v) is 2.05. The van der Waals surface area contributed by atoms with Crippen LogP contribution < -0.4 is 10.1 Å². The molecule has 0 spiro atoms. The minimum Gasteiger partial charge on any atom is -0.483 e. The molecule has 2 N–H and O–H groups in total. The number of carbonyl (C=O) groups excluding carboxylic acids is 1. The maximum absolute atomic E-state index is 12.9. The Balaban J connectivity index is 2.63. The van der Waals surface area contributed by atoms with Crippen LogP contribution in [0.2, 0.25) is 0 Å². The number of carbonyl (C=O) groups is 2. The Morgan fingerprint density at radius 3 is 2.52 bits per heavy atom. The number of halogens is 2. The van der Waals surface area contributed by atoms with Crippen molar-refractivity contribution in [2.75, 3.05) is 6.61 Å². The molecule has 0 bridgehead atoms. The first kappa shape index (κ1) is 17.4. The van der Waals surface area contributed by atoms with Gasteiger partial charge in [0.25, 0.3) is 5.91 Å². The molecule has 1 amide bonds. The van der Waals surface area contributed by atoms with E-state index >= 15 is 0 Å².